The summed E-state index contributed by atoms with van der Waals surface area (Å²) in [5.74, 6) is -0.918. The monoisotopic (exact) mass is 270 g/mol. The Kier molecular flexibility index (Phi) is 4.29. The quantitative estimate of drug-likeness (QED) is 0.807. The Morgan fingerprint density at radius 1 is 1.26 bits per heavy atom. The van der Waals surface area contributed by atoms with E-state index in [-0.39, 0.29) is 12.1 Å². The molecule has 108 valence electrons. The molecule has 0 unspecified atom stereocenters. The van der Waals surface area contributed by atoms with E-state index in [1.54, 1.807) is 11.9 Å². The molecule has 19 heavy (non-hydrogen) atoms. The summed E-state index contributed by atoms with van der Waals surface area (Å²) in [5, 5.41) is 12.1. The SMILES string of the molecule is CN(C(=O)NC1(C(=O)O)CCCC1)C1CCOCC1. The maximum Gasteiger partial charge on any atom is 0.329 e. The fourth-order valence-corrected chi connectivity index (χ4v) is 2.90. The topological polar surface area (TPSA) is 78.9 Å². The van der Waals surface area contributed by atoms with Crippen LogP contribution in [-0.2, 0) is 9.53 Å². The molecule has 0 aromatic rings. The van der Waals surface area contributed by atoms with E-state index in [1.165, 1.54) is 0 Å². The number of hydrogen-bond donors (Lipinski definition) is 2. The fourth-order valence-electron chi connectivity index (χ4n) is 2.90. The Morgan fingerprint density at radius 3 is 2.37 bits per heavy atom. The molecule has 1 aliphatic heterocycles. The molecular formula is C13H22N2O4. The fraction of sp³-hybridized carbons (Fsp3) is 0.846. The summed E-state index contributed by atoms with van der Waals surface area (Å²) in [5.41, 5.74) is -1.06. The molecule has 0 spiro atoms. The first-order valence-electron chi connectivity index (χ1n) is 6.91. The zero-order valence-corrected chi connectivity index (χ0v) is 11.4. The van der Waals surface area contributed by atoms with Crippen LogP contribution in [0, 0.1) is 0 Å². The average Bonchev–Trinajstić information content (AvgIpc) is 2.88. The lowest BCUT2D eigenvalue weighted by molar-refractivity contribution is -0.144. The molecule has 0 radical (unpaired) electrons. The van der Waals surface area contributed by atoms with E-state index >= 15 is 0 Å². The summed E-state index contributed by atoms with van der Waals surface area (Å²) in [6.07, 6.45) is 4.38. The van der Waals surface area contributed by atoms with Crippen molar-refractivity contribution < 1.29 is 19.4 Å². The number of aliphatic carboxylic acids is 1. The summed E-state index contributed by atoms with van der Waals surface area (Å²) < 4.78 is 5.27. The van der Waals surface area contributed by atoms with Gasteiger partial charge < -0.3 is 20.1 Å². The second kappa shape index (κ2) is 5.77. The van der Waals surface area contributed by atoms with Crippen molar-refractivity contribution in [1.82, 2.24) is 10.2 Å². The zero-order valence-electron chi connectivity index (χ0n) is 11.4. The van der Waals surface area contributed by atoms with E-state index < -0.39 is 11.5 Å². The lowest BCUT2D eigenvalue weighted by Crippen LogP contribution is -2.57. The molecule has 1 heterocycles. The van der Waals surface area contributed by atoms with Gasteiger partial charge in [-0.3, -0.25) is 0 Å². The van der Waals surface area contributed by atoms with Crippen LogP contribution in [-0.4, -0.2) is 53.8 Å². The number of rotatable bonds is 3. The third-order valence-corrected chi connectivity index (χ3v) is 4.27. The van der Waals surface area contributed by atoms with Crippen LogP contribution in [0.15, 0.2) is 0 Å². The summed E-state index contributed by atoms with van der Waals surface area (Å²) in [7, 11) is 1.73. The molecule has 2 fully saturated rings. The first-order valence-corrected chi connectivity index (χ1v) is 6.91. The number of hydrogen-bond acceptors (Lipinski definition) is 3. The molecule has 2 amide bonds. The van der Waals surface area contributed by atoms with Gasteiger partial charge in [-0.05, 0) is 25.7 Å². The Morgan fingerprint density at radius 2 is 1.84 bits per heavy atom. The molecule has 6 heteroatoms. The van der Waals surface area contributed by atoms with Gasteiger partial charge in [0, 0.05) is 26.3 Å². The summed E-state index contributed by atoms with van der Waals surface area (Å²) >= 11 is 0. The number of carbonyl (C=O) groups is 2. The largest absolute Gasteiger partial charge is 0.480 e. The van der Waals surface area contributed by atoms with E-state index in [4.69, 9.17) is 4.74 Å². The number of urea groups is 1. The molecule has 1 saturated heterocycles. The standard InChI is InChI=1S/C13H22N2O4/c1-15(10-4-8-19-9-5-10)12(18)14-13(11(16)17)6-2-3-7-13/h10H,2-9H2,1H3,(H,14,18)(H,16,17). The molecule has 1 saturated carbocycles. The zero-order chi connectivity index (χ0) is 13.9. The highest BCUT2D eigenvalue weighted by molar-refractivity contribution is 5.86. The molecule has 0 atom stereocenters. The van der Waals surface area contributed by atoms with Crippen molar-refractivity contribution in [2.45, 2.75) is 50.1 Å². The number of ether oxygens (including phenoxy) is 1. The summed E-state index contributed by atoms with van der Waals surface area (Å²) in [4.78, 5) is 25.3. The third-order valence-electron chi connectivity index (χ3n) is 4.27. The number of carbonyl (C=O) groups excluding carboxylic acids is 1. The van der Waals surface area contributed by atoms with Crippen LogP contribution < -0.4 is 5.32 Å². The highest BCUT2D eigenvalue weighted by atomic mass is 16.5. The second-order valence-electron chi connectivity index (χ2n) is 5.48. The number of carboxylic acid groups (broad SMARTS) is 1. The van der Waals surface area contributed by atoms with Crippen LogP contribution in [0.1, 0.15) is 38.5 Å². The Bertz CT molecular complexity index is 347. The van der Waals surface area contributed by atoms with Crippen LogP contribution >= 0.6 is 0 Å². The van der Waals surface area contributed by atoms with Crippen molar-refractivity contribution in [1.29, 1.82) is 0 Å². The van der Waals surface area contributed by atoms with Crippen molar-refractivity contribution >= 4 is 12.0 Å². The molecule has 2 aliphatic rings. The minimum Gasteiger partial charge on any atom is -0.480 e. The van der Waals surface area contributed by atoms with Gasteiger partial charge in [0.15, 0.2) is 0 Å². The minimum atomic E-state index is -1.06. The molecule has 1 aliphatic carbocycles. The van der Waals surface area contributed by atoms with Crippen LogP contribution in [0.2, 0.25) is 0 Å². The Hall–Kier alpha value is -1.30. The molecule has 2 N–H and O–H groups in total. The first-order chi connectivity index (χ1) is 9.05. The van der Waals surface area contributed by atoms with E-state index in [2.05, 4.69) is 5.32 Å². The van der Waals surface area contributed by atoms with Gasteiger partial charge in [0.25, 0.3) is 0 Å². The highest BCUT2D eigenvalue weighted by Gasteiger charge is 2.43. The van der Waals surface area contributed by atoms with Crippen molar-refractivity contribution in [3.05, 3.63) is 0 Å². The smallest absolute Gasteiger partial charge is 0.329 e. The predicted molar refractivity (Wildman–Crippen MR) is 69.0 cm³/mol. The minimum absolute atomic E-state index is 0.140. The van der Waals surface area contributed by atoms with Crippen molar-refractivity contribution in [2.75, 3.05) is 20.3 Å². The van der Waals surface area contributed by atoms with Crippen LogP contribution in [0.25, 0.3) is 0 Å². The van der Waals surface area contributed by atoms with Gasteiger partial charge in [-0.15, -0.1) is 0 Å². The summed E-state index contributed by atoms with van der Waals surface area (Å²) in [6, 6.07) is -0.141. The molecule has 0 bridgehead atoms. The van der Waals surface area contributed by atoms with Crippen LogP contribution in [0.5, 0.6) is 0 Å². The van der Waals surface area contributed by atoms with E-state index in [1.807, 2.05) is 0 Å². The Balaban J connectivity index is 1.97. The predicted octanol–water partition coefficient (Wildman–Crippen LogP) is 1.20. The van der Waals surface area contributed by atoms with Gasteiger partial charge >= 0.3 is 12.0 Å². The highest BCUT2D eigenvalue weighted by Crippen LogP contribution is 2.30. The average molecular weight is 270 g/mol. The van der Waals surface area contributed by atoms with E-state index in [0.29, 0.717) is 26.1 Å². The van der Waals surface area contributed by atoms with Gasteiger partial charge in [0.2, 0.25) is 0 Å². The van der Waals surface area contributed by atoms with Crippen LogP contribution in [0.4, 0.5) is 4.79 Å². The van der Waals surface area contributed by atoms with Gasteiger partial charge in [0.1, 0.15) is 5.54 Å². The maximum atomic E-state index is 12.2. The molecule has 2 rings (SSSR count). The number of carboxylic acids is 1. The van der Waals surface area contributed by atoms with Crippen molar-refractivity contribution in [2.24, 2.45) is 0 Å². The van der Waals surface area contributed by atoms with Crippen LogP contribution in [0.3, 0.4) is 0 Å². The van der Waals surface area contributed by atoms with Gasteiger partial charge in [-0.1, -0.05) is 12.8 Å². The summed E-state index contributed by atoms with van der Waals surface area (Å²) in [6.45, 7) is 1.32. The molecule has 0 aromatic carbocycles. The number of nitrogens with zero attached hydrogens (tertiary/aromatic N) is 1. The molecule has 0 aromatic heterocycles. The number of nitrogens with one attached hydrogen (secondary N) is 1. The van der Waals surface area contributed by atoms with Gasteiger partial charge in [0.05, 0.1) is 0 Å². The lowest BCUT2D eigenvalue weighted by atomic mass is 9.98. The molecular weight excluding hydrogens is 248 g/mol. The van der Waals surface area contributed by atoms with E-state index in [0.717, 1.165) is 25.7 Å². The van der Waals surface area contributed by atoms with E-state index in [9.17, 15) is 14.7 Å². The van der Waals surface area contributed by atoms with Crippen molar-refractivity contribution in [3.8, 4) is 0 Å². The van der Waals surface area contributed by atoms with Gasteiger partial charge in [-0.2, -0.15) is 0 Å². The lowest BCUT2D eigenvalue weighted by Gasteiger charge is -2.34. The molecule has 6 nitrogen and oxygen atoms in total. The van der Waals surface area contributed by atoms with Gasteiger partial charge in [-0.25, -0.2) is 9.59 Å². The number of amides is 2. The second-order valence-corrected chi connectivity index (χ2v) is 5.48. The third kappa shape index (κ3) is 3.00. The Labute approximate surface area is 113 Å². The maximum absolute atomic E-state index is 12.2. The van der Waals surface area contributed by atoms with Crippen molar-refractivity contribution in [3.63, 3.8) is 0 Å². The first kappa shape index (κ1) is 14.1. The normalized spacial score (nSPS) is 23.0.